The maximum Gasteiger partial charge on any atom is 0.222 e. The van der Waals surface area contributed by atoms with E-state index in [1.54, 1.807) is 12.5 Å². The minimum atomic E-state index is 0.265. The van der Waals surface area contributed by atoms with E-state index in [0.717, 1.165) is 50.7 Å². The van der Waals surface area contributed by atoms with Gasteiger partial charge in [0.2, 0.25) is 5.91 Å². The van der Waals surface area contributed by atoms with Crippen LogP contribution < -0.4 is 10.2 Å². The van der Waals surface area contributed by atoms with Gasteiger partial charge in [-0.3, -0.25) is 4.79 Å². The second-order valence-electron chi connectivity index (χ2n) is 6.07. The Labute approximate surface area is 148 Å². The molecule has 2 aromatic rings. The second-order valence-corrected chi connectivity index (χ2v) is 6.07. The van der Waals surface area contributed by atoms with Crippen LogP contribution >= 0.6 is 0 Å². The second kappa shape index (κ2) is 8.41. The molecule has 0 aromatic carbocycles. The number of aromatic nitrogens is 3. The van der Waals surface area contributed by atoms with Gasteiger partial charge in [-0.05, 0) is 18.6 Å². The number of hydrogen-bond donors (Lipinski definition) is 1. The zero-order valence-corrected chi connectivity index (χ0v) is 14.6. The number of nitrogens with zero attached hydrogens (tertiary/aromatic N) is 5. The SMILES string of the molecule is CCCCC(=O)N1CCN(c2cc(Nc3ccccn3)ncn2)CC1. The summed E-state index contributed by atoms with van der Waals surface area (Å²) in [6, 6.07) is 7.61. The van der Waals surface area contributed by atoms with Gasteiger partial charge in [0, 0.05) is 44.9 Å². The number of pyridine rings is 1. The van der Waals surface area contributed by atoms with Crippen molar-refractivity contribution in [1.82, 2.24) is 19.9 Å². The number of anilines is 3. The Morgan fingerprint density at radius 1 is 1.12 bits per heavy atom. The molecule has 0 atom stereocenters. The largest absolute Gasteiger partial charge is 0.353 e. The van der Waals surface area contributed by atoms with Crippen molar-refractivity contribution in [2.45, 2.75) is 26.2 Å². The molecule has 2 aromatic heterocycles. The Bertz CT molecular complexity index is 685. The molecule has 1 aliphatic rings. The van der Waals surface area contributed by atoms with Crippen molar-refractivity contribution in [3.63, 3.8) is 0 Å². The molecule has 0 unspecified atom stereocenters. The first-order chi connectivity index (χ1) is 12.3. The van der Waals surface area contributed by atoms with Gasteiger partial charge in [-0.1, -0.05) is 19.4 Å². The van der Waals surface area contributed by atoms with E-state index >= 15 is 0 Å². The zero-order valence-electron chi connectivity index (χ0n) is 14.6. The van der Waals surface area contributed by atoms with Crippen molar-refractivity contribution in [3.8, 4) is 0 Å². The average molecular weight is 340 g/mol. The summed E-state index contributed by atoms with van der Waals surface area (Å²) in [6.45, 7) is 5.18. The van der Waals surface area contributed by atoms with Crippen molar-refractivity contribution in [2.24, 2.45) is 0 Å². The Kier molecular flexibility index (Phi) is 5.77. The maximum atomic E-state index is 12.1. The van der Waals surface area contributed by atoms with Crippen LogP contribution in [0.25, 0.3) is 0 Å². The first-order valence-corrected chi connectivity index (χ1v) is 8.79. The fraction of sp³-hybridized carbons (Fsp3) is 0.444. The summed E-state index contributed by atoms with van der Waals surface area (Å²) < 4.78 is 0. The van der Waals surface area contributed by atoms with Gasteiger partial charge in [0.15, 0.2) is 0 Å². The van der Waals surface area contributed by atoms with Crippen LogP contribution in [0.5, 0.6) is 0 Å². The van der Waals surface area contributed by atoms with E-state index in [4.69, 9.17) is 0 Å². The van der Waals surface area contributed by atoms with E-state index in [2.05, 4.69) is 32.1 Å². The molecule has 0 aliphatic carbocycles. The number of unbranched alkanes of at least 4 members (excludes halogenated alkanes) is 1. The number of carbonyl (C=O) groups is 1. The standard InChI is InChI=1S/C18H24N6O/c1-2-3-7-18(25)24-11-9-23(10-12-24)17-13-16(20-14-21-17)22-15-6-4-5-8-19-15/h4-6,8,13-14H,2-3,7,9-12H2,1H3,(H,19,20,21,22). The molecule has 3 rings (SSSR count). The number of hydrogen-bond acceptors (Lipinski definition) is 6. The van der Waals surface area contributed by atoms with Crippen LogP contribution in [-0.2, 0) is 4.79 Å². The summed E-state index contributed by atoms with van der Waals surface area (Å²) in [5.74, 6) is 2.60. The average Bonchev–Trinajstić information content (AvgIpc) is 2.67. The molecule has 1 fully saturated rings. The number of piperazine rings is 1. The number of rotatable bonds is 6. The smallest absolute Gasteiger partial charge is 0.222 e. The van der Waals surface area contributed by atoms with Gasteiger partial charge < -0.3 is 15.1 Å². The number of nitrogens with one attached hydrogen (secondary N) is 1. The van der Waals surface area contributed by atoms with Crippen LogP contribution in [0.2, 0.25) is 0 Å². The van der Waals surface area contributed by atoms with Crippen molar-refractivity contribution in [3.05, 3.63) is 36.8 Å². The van der Waals surface area contributed by atoms with E-state index in [-0.39, 0.29) is 5.91 Å². The first-order valence-electron chi connectivity index (χ1n) is 8.79. The maximum absolute atomic E-state index is 12.1. The topological polar surface area (TPSA) is 74.2 Å². The van der Waals surface area contributed by atoms with E-state index in [1.807, 2.05) is 29.2 Å². The Morgan fingerprint density at radius 2 is 1.96 bits per heavy atom. The molecular formula is C18H24N6O. The molecule has 7 heteroatoms. The van der Waals surface area contributed by atoms with E-state index in [9.17, 15) is 4.79 Å². The molecule has 0 bridgehead atoms. The lowest BCUT2D eigenvalue weighted by molar-refractivity contribution is -0.131. The molecule has 1 amide bonds. The Hall–Kier alpha value is -2.70. The minimum Gasteiger partial charge on any atom is -0.353 e. The van der Waals surface area contributed by atoms with Crippen molar-refractivity contribution in [1.29, 1.82) is 0 Å². The molecule has 132 valence electrons. The highest BCUT2D eigenvalue weighted by molar-refractivity contribution is 5.76. The third-order valence-corrected chi connectivity index (χ3v) is 4.27. The zero-order chi connectivity index (χ0) is 17.5. The first kappa shape index (κ1) is 17.1. The Balaban J connectivity index is 1.58. The molecule has 3 heterocycles. The van der Waals surface area contributed by atoms with Crippen LogP contribution in [0.4, 0.5) is 17.5 Å². The fourth-order valence-corrected chi connectivity index (χ4v) is 2.83. The highest BCUT2D eigenvalue weighted by Crippen LogP contribution is 2.19. The van der Waals surface area contributed by atoms with Gasteiger partial charge in [0.1, 0.15) is 23.8 Å². The lowest BCUT2D eigenvalue weighted by Gasteiger charge is -2.35. The Morgan fingerprint density at radius 3 is 2.68 bits per heavy atom. The van der Waals surface area contributed by atoms with Crippen LogP contribution in [0.3, 0.4) is 0 Å². The predicted molar refractivity (Wildman–Crippen MR) is 97.9 cm³/mol. The number of carbonyl (C=O) groups excluding carboxylic acids is 1. The monoisotopic (exact) mass is 340 g/mol. The summed E-state index contributed by atoms with van der Waals surface area (Å²) in [6.07, 6.45) is 5.97. The molecular weight excluding hydrogens is 316 g/mol. The fourth-order valence-electron chi connectivity index (χ4n) is 2.83. The van der Waals surface area contributed by atoms with Crippen LogP contribution in [0.1, 0.15) is 26.2 Å². The quantitative estimate of drug-likeness (QED) is 0.871. The van der Waals surface area contributed by atoms with Crippen molar-refractivity contribution in [2.75, 3.05) is 36.4 Å². The summed E-state index contributed by atoms with van der Waals surface area (Å²) in [5.41, 5.74) is 0. The molecule has 0 radical (unpaired) electrons. The van der Waals surface area contributed by atoms with Gasteiger partial charge in [-0.15, -0.1) is 0 Å². The molecule has 1 N–H and O–H groups in total. The summed E-state index contributed by atoms with van der Waals surface area (Å²) in [4.78, 5) is 29.1. The van der Waals surface area contributed by atoms with E-state index in [0.29, 0.717) is 12.2 Å². The third kappa shape index (κ3) is 4.65. The van der Waals surface area contributed by atoms with E-state index < -0.39 is 0 Å². The number of amides is 1. The molecule has 1 aliphatic heterocycles. The summed E-state index contributed by atoms with van der Waals surface area (Å²) in [7, 11) is 0. The molecule has 7 nitrogen and oxygen atoms in total. The van der Waals surface area contributed by atoms with Gasteiger partial charge >= 0.3 is 0 Å². The minimum absolute atomic E-state index is 0.265. The lowest BCUT2D eigenvalue weighted by atomic mass is 10.2. The molecule has 1 saturated heterocycles. The highest BCUT2D eigenvalue weighted by Gasteiger charge is 2.21. The van der Waals surface area contributed by atoms with E-state index in [1.165, 1.54) is 0 Å². The van der Waals surface area contributed by atoms with Gasteiger partial charge in [-0.25, -0.2) is 15.0 Å². The van der Waals surface area contributed by atoms with Crippen LogP contribution in [-0.4, -0.2) is 51.9 Å². The van der Waals surface area contributed by atoms with Crippen LogP contribution in [0.15, 0.2) is 36.8 Å². The molecule has 0 spiro atoms. The lowest BCUT2D eigenvalue weighted by Crippen LogP contribution is -2.49. The summed E-state index contributed by atoms with van der Waals surface area (Å²) >= 11 is 0. The van der Waals surface area contributed by atoms with Gasteiger partial charge in [-0.2, -0.15) is 0 Å². The normalized spacial score (nSPS) is 14.4. The van der Waals surface area contributed by atoms with Gasteiger partial charge in [0.25, 0.3) is 0 Å². The highest BCUT2D eigenvalue weighted by atomic mass is 16.2. The van der Waals surface area contributed by atoms with Gasteiger partial charge in [0.05, 0.1) is 0 Å². The van der Waals surface area contributed by atoms with Crippen LogP contribution in [0, 0.1) is 0 Å². The molecule has 0 saturated carbocycles. The van der Waals surface area contributed by atoms with Crippen molar-refractivity contribution >= 4 is 23.4 Å². The third-order valence-electron chi connectivity index (χ3n) is 4.27. The summed E-state index contributed by atoms with van der Waals surface area (Å²) in [5, 5.41) is 3.18. The van der Waals surface area contributed by atoms with Crippen molar-refractivity contribution < 1.29 is 4.79 Å². The predicted octanol–water partition coefficient (Wildman–Crippen LogP) is 2.45. The molecule has 25 heavy (non-hydrogen) atoms.